The summed E-state index contributed by atoms with van der Waals surface area (Å²) in [6.07, 6.45) is 1.35. The first-order valence-electron chi connectivity index (χ1n) is 7.74. The minimum absolute atomic E-state index is 0.0209. The van der Waals surface area contributed by atoms with Crippen LogP contribution in [-0.2, 0) is 6.42 Å². The summed E-state index contributed by atoms with van der Waals surface area (Å²) in [6.45, 7) is 0.114. The van der Waals surface area contributed by atoms with E-state index in [1.54, 1.807) is 0 Å². The summed E-state index contributed by atoms with van der Waals surface area (Å²) in [4.78, 5) is 0. The van der Waals surface area contributed by atoms with Crippen molar-refractivity contribution in [3.63, 3.8) is 0 Å². The van der Waals surface area contributed by atoms with Crippen molar-refractivity contribution >= 4 is 28.1 Å². The zero-order chi connectivity index (χ0) is 16.8. The van der Waals surface area contributed by atoms with Gasteiger partial charge in [-0.05, 0) is 29.7 Å². The summed E-state index contributed by atoms with van der Waals surface area (Å²) >= 11 is 7.44. The molecular weight excluding hydrogens is 342 g/mol. The van der Waals surface area contributed by atoms with E-state index in [0.29, 0.717) is 6.42 Å². The number of aromatic nitrogens is 2. The average molecular weight is 360 g/mol. The van der Waals surface area contributed by atoms with Crippen LogP contribution in [0.5, 0.6) is 0 Å². The predicted octanol–water partition coefficient (Wildman–Crippen LogP) is 4.32. The lowest BCUT2D eigenvalue weighted by molar-refractivity contribution is 0.280. The van der Waals surface area contributed by atoms with Crippen LogP contribution in [0.25, 0.3) is 0 Å². The number of hydrogen-bond acceptors (Lipinski definition) is 5. The molecule has 2 aromatic carbocycles. The molecule has 6 heteroatoms. The highest BCUT2D eigenvalue weighted by Gasteiger charge is 2.13. The van der Waals surface area contributed by atoms with E-state index in [1.807, 2.05) is 54.6 Å². The number of rotatable bonds is 7. The normalized spacial score (nSPS) is 12.1. The van der Waals surface area contributed by atoms with Crippen molar-refractivity contribution in [3.8, 4) is 0 Å². The van der Waals surface area contributed by atoms with E-state index in [9.17, 15) is 5.11 Å². The number of halogens is 1. The van der Waals surface area contributed by atoms with E-state index >= 15 is 0 Å². The minimum atomic E-state index is 0.0209. The van der Waals surface area contributed by atoms with E-state index in [-0.39, 0.29) is 12.6 Å². The molecule has 2 N–H and O–H groups in total. The first-order valence-corrected chi connectivity index (χ1v) is 8.93. The molecule has 0 fully saturated rings. The maximum Gasteiger partial charge on any atom is 0.206 e. The molecule has 24 heavy (non-hydrogen) atoms. The lowest BCUT2D eigenvalue weighted by atomic mass is 10.0. The fourth-order valence-corrected chi connectivity index (χ4v) is 3.40. The second kappa shape index (κ2) is 8.24. The van der Waals surface area contributed by atoms with Gasteiger partial charge in [0.15, 0.2) is 0 Å². The molecule has 0 spiro atoms. The number of benzene rings is 2. The summed E-state index contributed by atoms with van der Waals surface area (Å²) in [7, 11) is 0. The van der Waals surface area contributed by atoms with Gasteiger partial charge in [-0.1, -0.05) is 65.4 Å². The molecule has 1 heterocycles. The number of aliphatic hydroxyl groups excluding tert-OH is 1. The summed E-state index contributed by atoms with van der Waals surface area (Å²) in [5.74, 6) is 0. The summed E-state index contributed by atoms with van der Waals surface area (Å²) in [6, 6.07) is 17.8. The van der Waals surface area contributed by atoms with Crippen LogP contribution in [0.2, 0.25) is 5.02 Å². The minimum Gasteiger partial charge on any atom is -0.396 e. The largest absolute Gasteiger partial charge is 0.396 e. The summed E-state index contributed by atoms with van der Waals surface area (Å²) in [5.41, 5.74) is 2.28. The fourth-order valence-electron chi connectivity index (χ4n) is 2.45. The van der Waals surface area contributed by atoms with Gasteiger partial charge in [-0.2, -0.15) is 0 Å². The lowest BCUT2D eigenvalue weighted by Gasteiger charge is -2.17. The highest BCUT2D eigenvalue weighted by Crippen LogP contribution is 2.26. The molecule has 0 saturated carbocycles. The highest BCUT2D eigenvalue weighted by atomic mass is 35.5. The molecule has 3 aromatic rings. The van der Waals surface area contributed by atoms with Crippen LogP contribution in [0.3, 0.4) is 0 Å². The molecule has 124 valence electrons. The van der Waals surface area contributed by atoms with Crippen molar-refractivity contribution in [1.29, 1.82) is 0 Å². The molecule has 0 unspecified atom stereocenters. The van der Waals surface area contributed by atoms with Crippen LogP contribution in [0.1, 0.15) is 28.6 Å². The zero-order valence-electron chi connectivity index (χ0n) is 13.0. The van der Waals surface area contributed by atoms with E-state index < -0.39 is 0 Å². The monoisotopic (exact) mass is 359 g/mol. The first-order chi connectivity index (χ1) is 11.7. The Morgan fingerprint density at radius 1 is 1.04 bits per heavy atom. The van der Waals surface area contributed by atoms with Crippen molar-refractivity contribution in [1.82, 2.24) is 10.2 Å². The molecule has 3 rings (SSSR count). The zero-order valence-corrected chi connectivity index (χ0v) is 14.6. The number of anilines is 1. The Labute approximate surface area is 150 Å². The maximum atomic E-state index is 9.32. The topological polar surface area (TPSA) is 58.0 Å². The fraction of sp³-hybridized carbons (Fsp3) is 0.222. The third kappa shape index (κ3) is 4.54. The molecule has 0 aliphatic heterocycles. The molecule has 1 aromatic heterocycles. The van der Waals surface area contributed by atoms with E-state index in [1.165, 1.54) is 11.3 Å². The molecule has 1 atom stereocenters. The molecule has 0 bridgehead atoms. The van der Waals surface area contributed by atoms with E-state index in [0.717, 1.165) is 32.7 Å². The van der Waals surface area contributed by atoms with Gasteiger partial charge in [-0.3, -0.25) is 0 Å². The highest BCUT2D eigenvalue weighted by molar-refractivity contribution is 7.15. The molecule has 0 saturated heterocycles. The third-order valence-corrected chi connectivity index (χ3v) is 4.76. The second-order valence-electron chi connectivity index (χ2n) is 5.42. The standard InChI is InChI=1S/C18H18ClN3OS/c19-15-8-6-13(7-9-15)12-17-21-22-18(24-17)20-16(10-11-23)14-4-2-1-3-5-14/h1-9,16,23H,10-12H2,(H,20,22)/t16-/m1/s1. The Hall–Kier alpha value is -1.95. The third-order valence-electron chi connectivity index (χ3n) is 3.65. The number of hydrogen-bond donors (Lipinski definition) is 2. The molecule has 0 amide bonds. The number of nitrogens with one attached hydrogen (secondary N) is 1. The molecule has 4 nitrogen and oxygen atoms in total. The van der Waals surface area contributed by atoms with Gasteiger partial charge in [0, 0.05) is 18.1 Å². The van der Waals surface area contributed by atoms with Crippen molar-refractivity contribution in [2.45, 2.75) is 18.9 Å². The summed E-state index contributed by atoms with van der Waals surface area (Å²) in [5, 5.41) is 23.6. The SMILES string of the molecule is OCC[C@@H](Nc1nnc(Cc2ccc(Cl)cc2)s1)c1ccccc1. The van der Waals surface area contributed by atoms with Gasteiger partial charge in [0.2, 0.25) is 5.13 Å². The van der Waals surface area contributed by atoms with Gasteiger partial charge in [0.25, 0.3) is 0 Å². The van der Waals surface area contributed by atoms with Crippen molar-refractivity contribution in [2.75, 3.05) is 11.9 Å². The smallest absolute Gasteiger partial charge is 0.206 e. The Morgan fingerprint density at radius 3 is 2.50 bits per heavy atom. The van der Waals surface area contributed by atoms with Gasteiger partial charge >= 0.3 is 0 Å². The van der Waals surface area contributed by atoms with Crippen LogP contribution in [0.4, 0.5) is 5.13 Å². The Kier molecular flexibility index (Phi) is 5.80. The van der Waals surface area contributed by atoms with Crippen molar-refractivity contribution in [2.24, 2.45) is 0 Å². The van der Waals surface area contributed by atoms with Gasteiger partial charge in [0.05, 0.1) is 6.04 Å². The molecular formula is C18H18ClN3OS. The van der Waals surface area contributed by atoms with Gasteiger partial charge in [-0.15, -0.1) is 10.2 Å². The molecule has 0 aliphatic rings. The Bertz CT molecular complexity index is 761. The Balaban J connectivity index is 1.68. The van der Waals surface area contributed by atoms with Gasteiger partial charge in [-0.25, -0.2) is 0 Å². The van der Waals surface area contributed by atoms with Crippen LogP contribution < -0.4 is 5.32 Å². The quantitative estimate of drug-likeness (QED) is 0.659. The van der Waals surface area contributed by atoms with Crippen LogP contribution >= 0.6 is 22.9 Å². The van der Waals surface area contributed by atoms with Crippen LogP contribution in [0, 0.1) is 0 Å². The maximum absolute atomic E-state index is 9.32. The Morgan fingerprint density at radius 2 is 1.79 bits per heavy atom. The first kappa shape index (κ1) is 16.9. The molecule has 0 aliphatic carbocycles. The predicted molar refractivity (Wildman–Crippen MR) is 98.7 cm³/mol. The van der Waals surface area contributed by atoms with Crippen molar-refractivity contribution < 1.29 is 5.11 Å². The average Bonchev–Trinajstić information content (AvgIpc) is 3.04. The lowest BCUT2D eigenvalue weighted by Crippen LogP contribution is -2.12. The van der Waals surface area contributed by atoms with Gasteiger partial charge in [0.1, 0.15) is 5.01 Å². The summed E-state index contributed by atoms with van der Waals surface area (Å²) < 4.78 is 0. The number of aliphatic hydroxyl groups is 1. The number of nitrogens with zero attached hydrogens (tertiary/aromatic N) is 2. The molecule has 0 radical (unpaired) electrons. The van der Waals surface area contributed by atoms with Gasteiger partial charge < -0.3 is 10.4 Å². The van der Waals surface area contributed by atoms with E-state index in [4.69, 9.17) is 11.6 Å². The van der Waals surface area contributed by atoms with Crippen molar-refractivity contribution in [3.05, 3.63) is 75.8 Å². The van der Waals surface area contributed by atoms with E-state index in [2.05, 4.69) is 15.5 Å². The van der Waals surface area contributed by atoms with Crippen LogP contribution in [-0.4, -0.2) is 21.9 Å². The van der Waals surface area contributed by atoms with Crippen LogP contribution in [0.15, 0.2) is 54.6 Å². The second-order valence-corrected chi connectivity index (χ2v) is 6.92.